The van der Waals surface area contributed by atoms with E-state index in [1.165, 1.54) is 0 Å². The molecule has 1 rings (SSSR count). The molecule has 130 valence electrons. The van der Waals surface area contributed by atoms with E-state index in [1.807, 2.05) is 13.8 Å². The van der Waals surface area contributed by atoms with Gasteiger partial charge in [-0.05, 0) is 25.7 Å². The van der Waals surface area contributed by atoms with Crippen molar-refractivity contribution in [3.63, 3.8) is 0 Å². The number of hydrogen-bond donors (Lipinski definition) is 3. The van der Waals surface area contributed by atoms with Gasteiger partial charge in [0.2, 0.25) is 11.8 Å². The van der Waals surface area contributed by atoms with Crippen molar-refractivity contribution in [1.82, 2.24) is 15.5 Å². The Balaban J connectivity index is 0.00000441. The summed E-state index contributed by atoms with van der Waals surface area (Å²) in [6, 6.07) is -0.205. The summed E-state index contributed by atoms with van der Waals surface area (Å²) in [4.78, 5) is 25.7. The van der Waals surface area contributed by atoms with Crippen molar-refractivity contribution in [1.29, 1.82) is 0 Å². The number of piperidine rings is 1. The number of hydrogen-bond acceptors (Lipinski definition) is 4. The van der Waals surface area contributed by atoms with Gasteiger partial charge < -0.3 is 16.4 Å². The topological polar surface area (TPSA) is 87.5 Å². The molecule has 1 atom stereocenters. The summed E-state index contributed by atoms with van der Waals surface area (Å²) < 4.78 is 0. The Labute approximate surface area is 140 Å². The van der Waals surface area contributed by atoms with E-state index in [0.29, 0.717) is 6.54 Å². The first-order valence-electron chi connectivity index (χ1n) is 8.11. The number of likely N-dealkylation sites (tertiary alicyclic amines) is 1. The van der Waals surface area contributed by atoms with E-state index in [0.717, 1.165) is 51.7 Å². The molecular formula is C15H31ClN4O2. The first kappa shape index (κ1) is 21.1. The molecule has 0 aromatic carbocycles. The molecule has 1 saturated heterocycles. The third kappa shape index (κ3) is 7.96. The van der Waals surface area contributed by atoms with Crippen molar-refractivity contribution in [2.75, 3.05) is 26.2 Å². The molecule has 7 heteroatoms. The number of nitrogens with two attached hydrogens (primary N) is 1. The zero-order valence-electron chi connectivity index (χ0n) is 13.8. The van der Waals surface area contributed by atoms with E-state index in [2.05, 4.69) is 15.5 Å². The van der Waals surface area contributed by atoms with Crippen LogP contribution in [0.15, 0.2) is 0 Å². The maximum Gasteiger partial charge on any atom is 0.237 e. The quantitative estimate of drug-likeness (QED) is 0.608. The molecule has 0 aromatic rings. The van der Waals surface area contributed by atoms with Crippen molar-refractivity contribution in [3.8, 4) is 0 Å². The van der Waals surface area contributed by atoms with E-state index < -0.39 is 6.04 Å². The monoisotopic (exact) mass is 334 g/mol. The minimum atomic E-state index is -0.396. The number of carbonyl (C=O) groups excluding carboxylic acids is 2. The van der Waals surface area contributed by atoms with Gasteiger partial charge in [-0.25, -0.2) is 0 Å². The second kappa shape index (κ2) is 11.7. The minimum Gasteiger partial charge on any atom is -0.355 e. The SMILES string of the molecule is CCCNC(=O)CN1CCC(NC(=O)C(N)CCC)CC1.Cl. The second-order valence-corrected chi connectivity index (χ2v) is 5.80. The van der Waals surface area contributed by atoms with Crippen LogP contribution in [-0.4, -0.2) is 55.0 Å². The average molecular weight is 335 g/mol. The normalized spacial score (nSPS) is 17.4. The Morgan fingerprint density at radius 1 is 1.23 bits per heavy atom. The zero-order valence-corrected chi connectivity index (χ0v) is 14.6. The van der Waals surface area contributed by atoms with Crippen LogP contribution in [0.3, 0.4) is 0 Å². The molecule has 22 heavy (non-hydrogen) atoms. The molecule has 1 aliphatic heterocycles. The van der Waals surface area contributed by atoms with Gasteiger partial charge in [-0.3, -0.25) is 14.5 Å². The first-order valence-corrected chi connectivity index (χ1v) is 8.11. The lowest BCUT2D eigenvalue weighted by Crippen LogP contribution is -2.50. The van der Waals surface area contributed by atoms with Gasteiger partial charge in [-0.1, -0.05) is 20.3 Å². The highest BCUT2D eigenvalue weighted by molar-refractivity contribution is 5.85. The number of carbonyl (C=O) groups is 2. The van der Waals surface area contributed by atoms with Crippen molar-refractivity contribution in [2.45, 2.75) is 58.0 Å². The molecule has 0 spiro atoms. The van der Waals surface area contributed by atoms with Crippen LogP contribution in [-0.2, 0) is 9.59 Å². The number of nitrogens with zero attached hydrogens (tertiary/aromatic N) is 1. The van der Waals surface area contributed by atoms with Gasteiger partial charge in [0.1, 0.15) is 0 Å². The van der Waals surface area contributed by atoms with E-state index in [-0.39, 0.29) is 30.3 Å². The maximum atomic E-state index is 11.9. The van der Waals surface area contributed by atoms with Gasteiger partial charge in [-0.2, -0.15) is 0 Å². The van der Waals surface area contributed by atoms with Gasteiger partial charge in [0.05, 0.1) is 12.6 Å². The summed E-state index contributed by atoms with van der Waals surface area (Å²) >= 11 is 0. The minimum absolute atomic E-state index is 0. The Hall–Kier alpha value is -0.850. The molecule has 2 amide bonds. The third-order valence-corrected chi connectivity index (χ3v) is 3.81. The smallest absolute Gasteiger partial charge is 0.237 e. The molecular weight excluding hydrogens is 304 g/mol. The molecule has 0 aromatic heterocycles. The van der Waals surface area contributed by atoms with Gasteiger partial charge in [0, 0.05) is 25.7 Å². The van der Waals surface area contributed by atoms with Crippen molar-refractivity contribution >= 4 is 24.2 Å². The average Bonchev–Trinajstić information content (AvgIpc) is 2.47. The van der Waals surface area contributed by atoms with E-state index in [1.54, 1.807) is 0 Å². The highest BCUT2D eigenvalue weighted by Crippen LogP contribution is 2.10. The molecule has 1 unspecified atom stereocenters. The van der Waals surface area contributed by atoms with Crippen LogP contribution in [0, 0.1) is 0 Å². The fourth-order valence-corrected chi connectivity index (χ4v) is 2.51. The number of halogens is 1. The standard InChI is InChI=1S/C15H30N4O2.ClH/c1-3-5-13(16)15(21)18-12-6-9-19(10-7-12)11-14(20)17-8-4-2;/h12-13H,3-11,16H2,1-2H3,(H,17,20)(H,18,21);1H. The third-order valence-electron chi connectivity index (χ3n) is 3.81. The number of amides is 2. The summed E-state index contributed by atoms with van der Waals surface area (Å²) in [7, 11) is 0. The predicted octanol–water partition coefficient (Wildman–Crippen LogP) is 0.642. The summed E-state index contributed by atoms with van der Waals surface area (Å²) in [6.07, 6.45) is 4.36. The van der Waals surface area contributed by atoms with Crippen molar-refractivity contribution < 1.29 is 9.59 Å². The lowest BCUT2D eigenvalue weighted by Gasteiger charge is -2.32. The van der Waals surface area contributed by atoms with Gasteiger partial charge in [-0.15, -0.1) is 12.4 Å². The molecule has 1 fully saturated rings. The Morgan fingerprint density at radius 3 is 2.41 bits per heavy atom. The Morgan fingerprint density at radius 2 is 1.86 bits per heavy atom. The van der Waals surface area contributed by atoms with Gasteiger partial charge >= 0.3 is 0 Å². The molecule has 4 N–H and O–H groups in total. The summed E-state index contributed by atoms with van der Waals surface area (Å²) in [5, 5.41) is 5.91. The molecule has 6 nitrogen and oxygen atoms in total. The largest absolute Gasteiger partial charge is 0.355 e. The van der Waals surface area contributed by atoms with E-state index >= 15 is 0 Å². The van der Waals surface area contributed by atoms with Crippen LogP contribution >= 0.6 is 12.4 Å². The molecule has 1 heterocycles. The number of rotatable bonds is 8. The molecule has 1 aliphatic rings. The second-order valence-electron chi connectivity index (χ2n) is 5.80. The molecule has 0 saturated carbocycles. The van der Waals surface area contributed by atoms with E-state index in [9.17, 15) is 9.59 Å². The fourth-order valence-electron chi connectivity index (χ4n) is 2.51. The van der Waals surface area contributed by atoms with Gasteiger partial charge in [0.25, 0.3) is 0 Å². The molecule has 0 radical (unpaired) electrons. The first-order chi connectivity index (χ1) is 10.1. The predicted molar refractivity (Wildman–Crippen MR) is 91.0 cm³/mol. The molecule has 0 bridgehead atoms. The summed E-state index contributed by atoms with van der Waals surface area (Å²) in [5.41, 5.74) is 5.81. The zero-order chi connectivity index (χ0) is 15.7. The Kier molecular flexibility index (Phi) is 11.2. The summed E-state index contributed by atoms with van der Waals surface area (Å²) in [5.74, 6) is 0.0419. The highest BCUT2D eigenvalue weighted by atomic mass is 35.5. The van der Waals surface area contributed by atoms with Crippen LogP contribution in [0.4, 0.5) is 0 Å². The number of nitrogens with one attached hydrogen (secondary N) is 2. The van der Waals surface area contributed by atoms with Crippen LogP contribution in [0.5, 0.6) is 0 Å². The fraction of sp³-hybridized carbons (Fsp3) is 0.867. The molecule has 0 aliphatic carbocycles. The van der Waals surface area contributed by atoms with Crippen LogP contribution in [0.2, 0.25) is 0 Å². The lowest BCUT2D eigenvalue weighted by molar-refractivity contribution is -0.125. The Bertz CT molecular complexity index is 334. The van der Waals surface area contributed by atoms with Crippen LogP contribution in [0.25, 0.3) is 0 Å². The van der Waals surface area contributed by atoms with E-state index in [4.69, 9.17) is 5.73 Å². The van der Waals surface area contributed by atoms with Crippen molar-refractivity contribution in [3.05, 3.63) is 0 Å². The maximum absolute atomic E-state index is 11.9. The lowest BCUT2D eigenvalue weighted by atomic mass is 10.0. The highest BCUT2D eigenvalue weighted by Gasteiger charge is 2.23. The van der Waals surface area contributed by atoms with Crippen molar-refractivity contribution in [2.24, 2.45) is 5.73 Å². The van der Waals surface area contributed by atoms with Crippen LogP contribution < -0.4 is 16.4 Å². The summed E-state index contributed by atoms with van der Waals surface area (Å²) in [6.45, 7) is 6.94. The van der Waals surface area contributed by atoms with Gasteiger partial charge in [0.15, 0.2) is 0 Å². The van der Waals surface area contributed by atoms with Crippen LogP contribution in [0.1, 0.15) is 46.0 Å².